The molecule has 3 nitrogen and oxygen atoms in total. The van der Waals surface area contributed by atoms with E-state index in [1.807, 2.05) is 0 Å². The predicted octanol–water partition coefficient (Wildman–Crippen LogP) is 0.563. The second-order valence-electron chi connectivity index (χ2n) is 3.06. The molecule has 0 aliphatic carbocycles. The van der Waals surface area contributed by atoms with Gasteiger partial charge >= 0.3 is 19.3 Å². The van der Waals surface area contributed by atoms with Gasteiger partial charge in [-0.25, -0.2) is 4.79 Å². The van der Waals surface area contributed by atoms with Gasteiger partial charge in [-0.2, -0.15) is 13.2 Å². The lowest BCUT2D eigenvalue weighted by Crippen LogP contribution is -2.29. The summed E-state index contributed by atoms with van der Waals surface area (Å²) in [6.45, 7) is 0. The summed E-state index contributed by atoms with van der Waals surface area (Å²) in [6.07, 6.45) is -4.50. The predicted molar refractivity (Wildman–Crippen MR) is 44.5 cm³/mol. The summed E-state index contributed by atoms with van der Waals surface area (Å²) in [6, 6.07) is 2.49. The minimum atomic E-state index is -4.50. The third-order valence-corrected chi connectivity index (χ3v) is 2.08. The monoisotopic (exact) mass is 216 g/mol. The molecule has 0 radical (unpaired) electrons. The second-order valence-corrected chi connectivity index (χ2v) is 3.06. The standard InChI is InChI=1S/C8H4BF3O3/c10-8(11,12)4-1-2-5-6(3-4)9(14)15-7(5)13/h1-3,14H. The zero-order valence-electron chi connectivity index (χ0n) is 7.21. The van der Waals surface area contributed by atoms with Gasteiger partial charge in [-0.3, -0.25) is 0 Å². The normalized spacial score (nSPS) is 15.2. The van der Waals surface area contributed by atoms with Crippen molar-refractivity contribution < 1.29 is 27.6 Å². The zero-order chi connectivity index (χ0) is 11.2. The highest BCUT2D eigenvalue weighted by Crippen LogP contribution is 2.29. The number of alkyl halides is 3. The van der Waals surface area contributed by atoms with Crippen molar-refractivity contribution in [3.63, 3.8) is 0 Å². The lowest BCUT2D eigenvalue weighted by atomic mass is 9.79. The molecule has 1 heterocycles. The van der Waals surface area contributed by atoms with Crippen LogP contribution < -0.4 is 5.46 Å². The average Bonchev–Trinajstić information content (AvgIpc) is 2.41. The first kappa shape index (κ1) is 10.0. The molecule has 0 bridgehead atoms. The fourth-order valence-corrected chi connectivity index (χ4v) is 1.36. The van der Waals surface area contributed by atoms with Crippen molar-refractivity contribution in [2.75, 3.05) is 0 Å². The smallest absolute Gasteiger partial charge is 0.502 e. The van der Waals surface area contributed by atoms with E-state index in [-0.39, 0.29) is 11.0 Å². The molecule has 0 spiro atoms. The number of benzene rings is 1. The van der Waals surface area contributed by atoms with E-state index >= 15 is 0 Å². The first-order valence-electron chi connectivity index (χ1n) is 4.00. The topological polar surface area (TPSA) is 46.5 Å². The Kier molecular flexibility index (Phi) is 2.00. The Morgan fingerprint density at radius 1 is 1.33 bits per heavy atom. The van der Waals surface area contributed by atoms with Gasteiger partial charge in [0.2, 0.25) is 0 Å². The van der Waals surface area contributed by atoms with E-state index in [9.17, 15) is 18.0 Å². The highest BCUT2D eigenvalue weighted by molar-refractivity contribution is 6.66. The van der Waals surface area contributed by atoms with Crippen LogP contribution in [0.15, 0.2) is 18.2 Å². The first-order valence-corrected chi connectivity index (χ1v) is 4.00. The molecule has 1 N–H and O–H groups in total. The number of fused-ring (bicyclic) bond motifs is 1. The van der Waals surface area contributed by atoms with Crippen LogP contribution in [0.2, 0.25) is 0 Å². The number of carbonyl (C=O) groups is 1. The van der Waals surface area contributed by atoms with E-state index in [1.54, 1.807) is 0 Å². The van der Waals surface area contributed by atoms with E-state index < -0.39 is 24.8 Å². The highest BCUT2D eigenvalue weighted by Gasteiger charge is 2.39. The van der Waals surface area contributed by atoms with Gasteiger partial charge in [0.1, 0.15) is 0 Å². The van der Waals surface area contributed by atoms with Gasteiger partial charge in [0, 0.05) is 5.46 Å². The quantitative estimate of drug-likeness (QED) is 0.644. The van der Waals surface area contributed by atoms with Crippen LogP contribution in [-0.4, -0.2) is 18.1 Å². The summed E-state index contributed by atoms with van der Waals surface area (Å²) in [7, 11) is -1.60. The Hall–Kier alpha value is -1.50. The molecule has 0 saturated heterocycles. The SMILES string of the molecule is O=C1OB(O)c2cc(C(F)(F)F)ccc21. The van der Waals surface area contributed by atoms with Crippen LogP contribution >= 0.6 is 0 Å². The van der Waals surface area contributed by atoms with Gasteiger partial charge in [-0.05, 0) is 18.2 Å². The molecule has 1 aromatic rings. The molecule has 7 heteroatoms. The maximum atomic E-state index is 12.3. The molecule has 1 aliphatic heterocycles. The molecule has 0 unspecified atom stereocenters. The molecule has 0 amide bonds. The van der Waals surface area contributed by atoms with Gasteiger partial charge in [-0.15, -0.1) is 0 Å². The summed E-state index contributed by atoms with van der Waals surface area (Å²) >= 11 is 0. The van der Waals surface area contributed by atoms with Crippen molar-refractivity contribution in [2.24, 2.45) is 0 Å². The van der Waals surface area contributed by atoms with Crippen molar-refractivity contribution in [3.8, 4) is 0 Å². The Balaban J connectivity index is 2.52. The van der Waals surface area contributed by atoms with Crippen molar-refractivity contribution >= 4 is 18.6 Å². The van der Waals surface area contributed by atoms with E-state index in [0.717, 1.165) is 12.1 Å². The van der Waals surface area contributed by atoms with E-state index in [0.29, 0.717) is 6.07 Å². The zero-order valence-corrected chi connectivity index (χ0v) is 7.21. The molecule has 1 aliphatic rings. The maximum absolute atomic E-state index is 12.3. The molecular formula is C8H4BF3O3. The minimum absolute atomic E-state index is 0.0319. The molecule has 0 fully saturated rings. The molecule has 2 rings (SSSR count). The first-order chi connectivity index (χ1) is 6.89. The third-order valence-electron chi connectivity index (χ3n) is 2.08. The Labute approximate surface area is 82.6 Å². The van der Waals surface area contributed by atoms with Gasteiger partial charge < -0.3 is 9.68 Å². The number of halogens is 3. The molecule has 0 saturated carbocycles. The summed E-state index contributed by atoms with van der Waals surface area (Å²) in [5, 5.41) is 9.13. The number of hydrogen-bond donors (Lipinski definition) is 1. The molecule has 78 valence electrons. The number of hydrogen-bond acceptors (Lipinski definition) is 3. The van der Waals surface area contributed by atoms with Crippen molar-refractivity contribution in [1.82, 2.24) is 0 Å². The summed E-state index contributed by atoms with van der Waals surface area (Å²) in [5.74, 6) is -0.814. The van der Waals surface area contributed by atoms with Crippen LogP contribution in [-0.2, 0) is 10.8 Å². The van der Waals surface area contributed by atoms with Gasteiger partial charge in [0.25, 0.3) is 0 Å². The van der Waals surface area contributed by atoms with Crippen molar-refractivity contribution in [3.05, 3.63) is 29.3 Å². The second kappa shape index (κ2) is 3.00. The molecule has 1 aromatic carbocycles. The van der Waals surface area contributed by atoms with Gasteiger partial charge in [0.05, 0.1) is 11.1 Å². The summed E-state index contributed by atoms with van der Waals surface area (Å²) in [5.41, 5.74) is -1.09. The Morgan fingerprint density at radius 2 is 2.00 bits per heavy atom. The Morgan fingerprint density at radius 3 is 2.60 bits per heavy atom. The van der Waals surface area contributed by atoms with E-state index in [4.69, 9.17) is 5.02 Å². The highest BCUT2D eigenvalue weighted by atomic mass is 19.4. The average molecular weight is 216 g/mol. The van der Waals surface area contributed by atoms with Gasteiger partial charge in [0.15, 0.2) is 0 Å². The van der Waals surface area contributed by atoms with Gasteiger partial charge in [-0.1, -0.05) is 0 Å². The van der Waals surface area contributed by atoms with E-state index in [1.165, 1.54) is 0 Å². The number of rotatable bonds is 0. The van der Waals surface area contributed by atoms with Crippen LogP contribution in [0.1, 0.15) is 15.9 Å². The van der Waals surface area contributed by atoms with Crippen molar-refractivity contribution in [1.29, 1.82) is 0 Å². The maximum Gasteiger partial charge on any atom is 0.563 e. The summed E-state index contributed by atoms with van der Waals surface area (Å²) < 4.78 is 41.2. The largest absolute Gasteiger partial charge is 0.563 e. The third kappa shape index (κ3) is 1.59. The van der Waals surface area contributed by atoms with E-state index in [2.05, 4.69) is 4.65 Å². The van der Waals surface area contributed by atoms with Crippen LogP contribution in [0, 0.1) is 0 Å². The fraction of sp³-hybridized carbons (Fsp3) is 0.125. The molecular weight excluding hydrogens is 212 g/mol. The molecule has 0 aromatic heterocycles. The van der Waals surface area contributed by atoms with Crippen LogP contribution in [0.25, 0.3) is 0 Å². The summed E-state index contributed by atoms with van der Waals surface area (Å²) in [4.78, 5) is 11.0. The Bertz CT molecular complexity index is 430. The minimum Gasteiger partial charge on any atom is -0.502 e. The van der Waals surface area contributed by atoms with Crippen LogP contribution in [0.3, 0.4) is 0 Å². The molecule has 0 atom stereocenters. The van der Waals surface area contributed by atoms with Crippen LogP contribution in [0.4, 0.5) is 13.2 Å². The molecule has 15 heavy (non-hydrogen) atoms. The lowest BCUT2D eigenvalue weighted by Gasteiger charge is -2.06. The lowest BCUT2D eigenvalue weighted by molar-refractivity contribution is -0.137. The number of carbonyl (C=O) groups excluding carboxylic acids is 1. The van der Waals surface area contributed by atoms with Crippen molar-refractivity contribution in [2.45, 2.75) is 6.18 Å². The van der Waals surface area contributed by atoms with Crippen LogP contribution in [0.5, 0.6) is 0 Å². The fourth-order valence-electron chi connectivity index (χ4n) is 1.36.